The third kappa shape index (κ3) is 4.49. The van der Waals surface area contributed by atoms with Crippen LogP contribution in [0.3, 0.4) is 0 Å². The van der Waals surface area contributed by atoms with E-state index in [1.54, 1.807) is 12.1 Å². The molecule has 0 radical (unpaired) electrons. The Morgan fingerprint density at radius 3 is 2.33 bits per heavy atom. The zero-order chi connectivity index (χ0) is 16.8. The number of benzene rings is 2. The third-order valence-electron chi connectivity index (χ3n) is 4.20. The molecule has 3 rings (SSSR count). The van der Waals surface area contributed by atoms with Gasteiger partial charge in [0.25, 0.3) is 0 Å². The molecule has 0 aliphatic carbocycles. The fourth-order valence-corrected chi connectivity index (χ4v) is 2.70. The van der Waals surface area contributed by atoms with Gasteiger partial charge in [-0.25, -0.2) is 4.79 Å². The average Bonchev–Trinajstić information content (AvgIpc) is 2.62. The van der Waals surface area contributed by atoms with E-state index in [-0.39, 0.29) is 0 Å². The highest BCUT2D eigenvalue weighted by Gasteiger charge is 2.14. The number of hydrogen-bond acceptors (Lipinski definition) is 4. The number of anilines is 1. The van der Waals surface area contributed by atoms with E-state index in [1.165, 1.54) is 5.69 Å². The van der Waals surface area contributed by atoms with Crippen molar-refractivity contribution in [3.8, 4) is 5.75 Å². The molecule has 0 saturated carbocycles. The van der Waals surface area contributed by atoms with Crippen LogP contribution >= 0.6 is 0 Å². The van der Waals surface area contributed by atoms with Gasteiger partial charge >= 0.3 is 6.09 Å². The van der Waals surface area contributed by atoms with E-state index in [4.69, 9.17) is 4.74 Å². The number of nitrogens with one attached hydrogen (secondary N) is 1. The van der Waals surface area contributed by atoms with Gasteiger partial charge in [0.2, 0.25) is 0 Å². The first kappa shape index (κ1) is 16.3. The molecule has 1 N–H and O–H groups in total. The maximum Gasteiger partial charge on any atom is 0.412 e. The predicted molar refractivity (Wildman–Crippen MR) is 95.5 cm³/mol. The standard InChI is InChI=1S/C19H23N3O2/c1-21-11-13-22(14-12-21)17-9-7-16(8-10-17)15-20-19(23)24-18-5-3-2-4-6-18/h2-10H,11-15H2,1H3,(H,20,23). The van der Waals surface area contributed by atoms with E-state index < -0.39 is 6.09 Å². The third-order valence-corrected chi connectivity index (χ3v) is 4.20. The summed E-state index contributed by atoms with van der Waals surface area (Å²) in [6.07, 6.45) is -0.440. The van der Waals surface area contributed by atoms with Crippen LogP contribution in [0.15, 0.2) is 54.6 Å². The normalized spacial score (nSPS) is 15.1. The van der Waals surface area contributed by atoms with Gasteiger partial charge in [-0.1, -0.05) is 30.3 Å². The molecule has 0 atom stereocenters. The molecule has 0 aromatic heterocycles. The van der Waals surface area contributed by atoms with Crippen LogP contribution < -0.4 is 15.0 Å². The predicted octanol–water partition coefficient (Wildman–Crippen LogP) is 2.73. The second-order valence-corrected chi connectivity index (χ2v) is 6.01. The lowest BCUT2D eigenvalue weighted by molar-refractivity contribution is 0.200. The number of likely N-dealkylation sites (N-methyl/N-ethyl adjacent to an activating group) is 1. The number of rotatable bonds is 4. The summed E-state index contributed by atoms with van der Waals surface area (Å²) in [6, 6.07) is 17.4. The maximum atomic E-state index is 11.8. The molecule has 1 heterocycles. The molecule has 5 nitrogen and oxygen atoms in total. The highest BCUT2D eigenvalue weighted by molar-refractivity contribution is 5.70. The SMILES string of the molecule is CN1CCN(c2ccc(CNC(=O)Oc3ccccc3)cc2)CC1. The Balaban J connectivity index is 1.48. The van der Waals surface area contributed by atoms with Gasteiger partial charge in [0, 0.05) is 38.4 Å². The molecule has 1 amide bonds. The number of nitrogens with zero attached hydrogens (tertiary/aromatic N) is 2. The lowest BCUT2D eigenvalue weighted by atomic mass is 10.2. The molecule has 1 aliphatic heterocycles. The minimum Gasteiger partial charge on any atom is -0.410 e. The van der Waals surface area contributed by atoms with Crippen LogP contribution in [-0.2, 0) is 6.54 Å². The van der Waals surface area contributed by atoms with Gasteiger partial charge in [0.05, 0.1) is 0 Å². The van der Waals surface area contributed by atoms with Gasteiger partial charge in [-0.15, -0.1) is 0 Å². The van der Waals surface area contributed by atoms with Gasteiger partial charge in [-0.05, 0) is 36.9 Å². The van der Waals surface area contributed by atoms with Crippen LogP contribution in [0, 0.1) is 0 Å². The fourth-order valence-electron chi connectivity index (χ4n) is 2.70. The van der Waals surface area contributed by atoms with Crippen molar-refractivity contribution in [2.75, 3.05) is 38.1 Å². The number of hydrogen-bond donors (Lipinski definition) is 1. The van der Waals surface area contributed by atoms with Crippen molar-refractivity contribution in [3.05, 3.63) is 60.2 Å². The van der Waals surface area contributed by atoms with Crippen LogP contribution in [0.5, 0.6) is 5.75 Å². The molecule has 5 heteroatoms. The van der Waals surface area contributed by atoms with Crippen LogP contribution in [0.2, 0.25) is 0 Å². The summed E-state index contributed by atoms with van der Waals surface area (Å²) < 4.78 is 5.20. The minimum atomic E-state index is -0.440. The van der Waals surface area contributed by atoms with Crippen molar-refractivity contribution in [2.45, 2.75) is 6.54 Å². The molecule has 0 unspecified atom stereocenters. The van der Waals surface area contributed by atoms with E-state index in [0.717, 1.165) is 31.7 Å². The van der Waals surface area contributed by atoms with Crippen LogP contribution in [-0.4, -0.2) is 44.2 Å². The highest BCUT2D eigenvalue weighted by atomic mass is 16.5. The van der Waals surface area contributed by atoms with Crippen LogP contribution in [0.1, 0.15) is 5.56 Å². The summed E-state index contributed by atoms with van der Waals surface area (Å²) in [5, 5.41) is 2.77. The second kappa shape index (κ2) is 7.84. The molecular formula is C19H23N3O2. The lowest BCUT2D eigenvalue weighted by Crippen LogP contribution is -2.44. The smallest absolute Gasteiger partial charge is 0.410 e. The number of para-hydroxylation sites is 1. The monoisotopic (exact) mass is 325 g/mol. The molecule has 1 fully saturated rings. The summed E-state index contributed by atoms with van der Waals surface area (Å²) in [5.74, 6) is 0.542. The molecule has 2 aromatic rings. The van der Waals surface area contributed by atoms with Gasteiger partial charge in [-0.2, -0.15) is 0 Å². The Morgan fingerprint density at radius 2 is 1.67 bits per heavy atom. The minimum absolute atomic E-state index is 0.440. The molecular weight excluding hydrogens is 302 g/mol. The molecule has 126 valence electrons. The summed E-state index contributed by atoms with van der Waals surface area (Å²) in [4.78, 5) is 16.5. The largest absolute Gasteiger partial charge is 0.412 e. The van der Waals surface area contributed by atoms with Gasteiger partial charge in [-0.3, -0.25) is 0 Å². The fraction of sp³-hybridized carbons (Fsp3) is 0.316. The first-order valence-electron chi connectivity index (χ1n) is 8.24. The van der Waals surface area contributed by atoms with E-state index in [0.29, 0.717) is 12.3 Å². The highest BCUT2D eigenvalue weighted by Crippen LogP contribution is 2.17. The van der Waals surface area contributed by atoms with E-state index in [1.807, 2.05) is 18.2 Å². The zero-order valence-corrected chi connectivity index (χ0v) is 13.9. The first-order chi connectivity index (χ1) is 11.7. The number of ether oxygens (including phenoxy) is 1. The summed E-state index contributed by atoms with van der Waals surface area (Å²) >= 11 is 0. The Morgan fingerprint density at radius 1 is 1.00 bits per heavy atom. The summed E-state index contributed by atoms with van der Waals surface area (Å²) in [7, 11) is 2.15. The molecule has 0 spiro atoms. The van der Waals surface area contributed by atoms with Crippen LogP contribution in [0.4, 0.5) is 10.5 Å². The summed E-state index contributed by atoms with van der Waals surface area (Å²) in [6.45, 7) is 4.74. The number of amides is 1. The number of carbonyl (C=O) groups is 1. The van der Waals surface area contributed by atoms with Gasteiger partial charge in [0.15, 0.2) is 0 Å². The Kier molecular flexibility index (Phi) is 5.33. The average molecular weight is 325 g/mol. The van der Waals surface area contributed by atoms with Gasteiger partial charge < -0.3 is 19.9 Å². The van der Waals surface area contributed by atoms with E-state index in [9.17, 15) is 4.79 Å². The first-order valence-corrected chi connectivity index (χ1v) is 8.24. The maximum absolute atomic E-state index is 11.8. The van der Waals surface area contributed by atoms with Crippen molar-refractivity contribution >= 4 is 11.8 Å². The van der Waals surface area contributed by atoms with Crippen molar-refractivity contribution < 1.29 is 9.53 Å². The molecule has 24 heavy (non-hydrogen) atoms. The molecule has 2 aromatic carbocycles. The van der Waals surface area contributed by atoms with Crippen LogP contribution in [0.25, 0.3) is 0 Å². The Bertz CT molecular complexity index is 650. The van der Waals surface area contributed by atoms with Crippen molar-refractivity contribution in [2.24, 2.45) is 0 Å². The van der Waals surface area contributed by atoms with Crippen molar-refractivity contribution in [1.29, 1.82) is 0 Å². The Hall–Kier alpha value is -2.53. The molecule has 1 saturated heterocycles. The molecule has 1 aliphatic rings. The number of carbonyl (C=O) groups excluding carboxylic acids is 1. The quantitative estimate of drug-likeness (QED) is 0.939. The second-order valence-electron chi connectivity index (χ2n) is 6.01. The zero-order valence-electron chi connectivity index (χ0n) is 13.9. The Labute approximate surface area is 142 Å². The molecule has 0 bridgehead atoms. The van der Waals surface area contributed by atoms with Crippen molar-refractivity contribution in [3.63, 3.8) is 0 Å². The van der Waals surface area contributed by atoms with Crippen molar-refractivity contribution in [1.82, 2.24) is 10.2 Å². The number of piperazine rings is 1. The van der Waals surface area contributed by atoms with E-state index >= 15 is 0 Å². The van der Waals surface area contributed by atoms with E-state index in [2.05, 4.69) is 46.4 Å². The van der Waals surface area contributed by atoms with Gasteiger partial charge in [0.1, 0.15) is 5.75 Å². The summed E-state index contributed by atoms with van der Waals surface area (Å²) in [5.41, 5.74) is 2.29. The topological polar surface area (TPSA) is 44.8 Å². The lowest BCUT2D eigenvalue weighted by Gasteiger charge is -2.34.